The zero-order valence-corrected chi connectivity index (χ0v) is 11.4. The fraction of sp³-hybridized carbons (Fsp3) is 0.0667. The highest BCUT2D eigenvalue weighted by atomic mass is 32.1. The molecule has 1 N–H and O–H groups in total. The van der Waals surface area contributed by atoms with Crippen molar-refractivity contribution in [2.45, 2.75) is 6.54 Å². The first-order chi connectivity index (χ1) is 9.81. The van der Waals surface area contributed by atoms with Crippen molar-refractivity contribution in [3.63, 3.8) is 0 Å². The molecule has 0 aliphatic rings. The van der Waals surface area contributed by atoms with Crippen LogP contribution in [0.5, 0.6) is 0 Å². The van der Waals surface area contributed by atoms with E-state index in [-0.39, 0.29) is 5.82 Å². The third-order valence-corrected chi connectivity index (χ3v) is 3.67. The molecule has 1 aromatic carbocycles. The zero-order chi connectivity index (χ0) is 13.8. The molecule has 0 atom stereocenters. The maximum absolute atomic E-state index is 12.8. The van der Waals surface area contributed by atoms with Crippen molar-refractivity contribution in [2.24, 2.45) is 0 Å². The Morgan fingerprint density at radius 3 is 2.70 bits per heavy atom. The van der Waals surface area contributed by atoms with Gasteiger partial charge in [0, 0.05) is 17.3 Å². The number of aromatic nitrogens is 2. The van der Waals surface area contributed by atoms with Gasteiger partial charge in [0.15, 0.2) is 0 Å². The van der Waals surface area contributed by atoms with Crippen LogP contribution in [0.1, 0.15) is 5.69 Å². The molecule has 0 amide bonds. The van der Waals surface area contributed by atoms with Crippen molar-refractivity contribution in [3.8, 4) is 10.7 Å². The minimum Gasteiger partial charge on any atom is -0.379 e. The number of thiazole rings is 1. The Morgan fingerprint density at radius 1 is 1.10 bits per heavy atom. The van der Waals surface area contributed by atoms with Gasteiger partial charge in [-0.3, -0.25) is 4.98 Å². The summed E-state index contributed by atoms with van der Waals surface area (Å²) in [7, 11) is 0. The van der Waals surface area contributed by atoms with E-state index in [0.29, 0.717) is 6.54 Å². The SMILES string of the molecule is Fc1ccc(NCc2csc(-c3ccccn3)n2)cc1. The lowest BCUT2D eigenvalue weighted by Gasteiger charge is -2.03. The number of benzene rings is 1. The van der Waals surface area contributed by atoms with Crippen molar-refractivity contribution in [3.05, 3.63) is 65.6 Å². The number of pyridine rings is 1. The molecule has 0 aliphatic carbocycles. The summed E-state index contributed by atoms with van der Waals surface area (Å²) in [6, 6.07) is 12.1. The van der Waals surface area contributed by atoms with Crippen LogP contribution < -0.4 is 5.32 Å². The van der Waals surface area contributed by atoms with Gasteiger partial charge in [0.25, 0.3) is 0 Å². The van der Waals surface area contributed by atoms with Crippen LogP contribution in [0.25, 0.3) is 10.7 Å². The number of hydrogen-bond acceptors (Lipinski definition) is 4. The highest BCUT2D eigenvalue weighted by Gasteiger charge is 2.05. The largest absolute Gasteiger partial charge is 0.379 e. The van der Waals surface area contributed by atoms with Gasteiger partial charge in [0.1, 0.15) is 10.8 Å². The molecule has 0 radical (unpaired) electrons. The minimum atomic E-state index is -0.235. The number of rotatable bonds is 4. The number of halogens is 1. The van der Waals surface area contributed by atoms with Crippen LogP contribution in [0.2, 0.25) is 0 Å². The Balaban J connectivity index is 1.67. The van der Waals surface area contributed by atoms with Crippen LogP contribution in [0.3, 0.4) is 0 Å². The van der Waals surface area contributed by atoms with Crippen molar-refractivity contribution >= 4 is 17.0 Å². The smallest absolute Gasteiger partial charge is 0.142 e. The van der Waals surface area contributed by atoms with E-state index in [1.807, 2.05) is 23.6 Å². The Morgan fingerprint density at radius 2 is 1.95 bits per heavy atom. The molecule has 0 fully saturated rings. The van der Waals surface area contributed by atoms with Gasteiger partial charge in [0.2, 0.25) is 0 Å². The second-order valence-corrected chi connectivity index (χ2v) is 5.08. The lowest BCUT2D eigenvalue weighted by atomic mass is 10.3. The quantitative estimate of drug-likeness (QED) is 0.788. The molecule has 0 saturated heterocycles. The molecule has 5 heteroatoms. The maximum Gasteiger partial charge on any atom is 0.142 e. The average molecular weight is 285 g/mol. The normalized spacial score (nSPS) is 10.4. The topological polar surface area (TPSA) is 37.8 Å². The third-order valence-electron chi connectivity index (χ3n) is 2.75. The molecule has 3 rings (SSSR count). The summed E-state index contributed by atoms with van der Waals surface area (Å²) >= 11 is 1.57. The standard InChI is InChI=1S/C15H12FN3S/c16-11-4-6-12(7-5-11)18-9-13-10-20-15(19-13)14-3-1-2-8-17-14/h1-8,10,18H,9H2. The van der Waals surface area contributed by atoms with Crippen LogP contribution in [-0.2, 0) is 6.54 Å². The molecule has 3 nitrogen and oxygen atoms in total. The summed E-state index contributed by atoms with van der Waals surface area (Å²) in [5.74, 6) is -0.235. The molecule has 0 aliphatic heterocycles. The predicted octanol–water partition coefficient (Wildman–Crippen LogP) is 3.96. The number of hydrogen-bond donors (Lipinski definition) is 1. The monoisotopic (exact) mass is 285 g/mol. The van der Waals surface area contributed by atoms with Gasteiger partial charge in [-0.05, 0) is 36.4 Å². The van der Waals surface area contributed by atoms with Crippen molar-refractivity contribution in [2.75, 3.05) is 5.32 Å². The molecule has 100 valence electrons. The van der Waals surface area contributed by atoms with E-state index < -0.39 is 0 Å². The maximum atomic E-state index is 12.8. The van der Waals surface area contributed by atoms with E-state index in [0.717, 1.165) is 22.1 Å². The first kappa shape index (κ1) is 12.7. The zero-order valence-electron chi connectivity index (χ0n) is 10.6. The van der Waals surface area contributed by atoms with E-state index in [2.05, 4.69) is 15.3 Å². The van der Waals surface area contributed by atoms with Gasteiger partial charge < -0.3 is 5.32 Å². The van der Waals surface area contributed by atoms with E-state index in [9.17, 15) is 4.39 Å². The molecule has 0 spiro atoms. The van der Waals surface area contributed by atoms with E-state index in [1.165, 1.54) is 12.1 Å². The van der Waals surface area contributed by atoms with Crippen molar-refractivity contribution in [1.29, 1.82) is 0 Å². The van der Waals surface area contributed by atoms with E-state index in [4.69, 9.17) is 0 Å². The van der Waals surface area contributed by atoms with Gasteiger partial charge in [-0.15, -0.1) is 11.3 Å². The summed E-state index contributed by atoms with van der Waals surface area (Å²) < 4.78 is 12.8. The summed E-state index contributed by atoms with van der Waals surface area (Å²) in [5.41, 5.74) is 2.70. The summed E-state index contributed by atoms with van der Waals surface area (Å²) in [6.07, 6.45) is 1.76. The first-order valence-corrected chi connectivity index (χ1v) is 7.04. The Kier molecular flexibility index (Phi) is 3.69. The Hall–Kier alpha value is -2.27. The van der Waals surface area contributed by atoms with E-state index in [1.54, 1.807) is 29.7 Å². The fourth-order valence-corrected chi connectivity index (χ4v) is 2.55. The summed E-state index contributed by atoms with van der Waals surface area (Å²) in [5, 5.41) is 6.11. The van der Waals surface area contributed by atoms with Crippen LogP contribution in [0.4, 0.5) is 10.1 Å². The van der Waals surface area contributed by atoms with Gasteiger partial charge in [-0.25, -0.2) is 9.37 Å². The highest BCUT2D eigenvalue weighted by Crippen LogP contribution is 2.21. The Labute approximate surface area is 120 Å². The second kappa shape index (κ2) is 5.79. The van der Waals surface area contributed by atoms with Crippen molar-refractivity contribution < 1.29 is 4.39 Å². The summed E-state index contributed by atoms with van der Waals surface area (Å²) in [6.45, 7) is 0.606. The van der Waals surface area contributed by atoms with E-state index >= 15 is 0 Å². The second-order valence-electron chi connectivity index (χ2n) is 4.22. The molecule has 0 bridgehead atoms. The van der Waals surface area contributed by atoms with Crippen LogP contribution in [-0.4, -0.2) is 9.97 Å². The molecule has 20 heavy (non-hydrogen) atoms. The van der Waals surface area contributed by atoms with Crippen molar-refractivity contribution in [1.82, 2.24) is 9.97 Å². The molecular formula is C15H12FN3S. The molecule has 0 saturated carbocycles. The molecule has 0 unspecified atom stereocenters. The lowest BCUT2D eigenvalue weighted by Crippen LogP contribution is -1.99. The Bertz CT molecular complexity index is 680. The summed E-state index contributed by atoms with van der Waals surface area (Å²) in [4.78, 5) is 8.81. The minimum absolute atomic E-state index is 0.235. The predicted molar refractivity (Wildman–Crippen MR) is 79.1 cm³/mol. The average Bonchev–Trinajstić information content (AvgIpc) is 2.97. The molecular weight excluding hydrogens is 273 g/mol. The van der Waals surface area contributed by atoms with Crippen LogP contribution >= 0.6 is 11.3 Å². The van der Waals surface area contributed by atoms with Gasteiger partial charge in [-0.1, -0.05) is 6.07 Å². The number of nitrogens with zero attached hydrogens (tertiary/aromatic N) is 2. The third kappa shape index (κ3) is 3.00. The fourth-order valence-electron chi connectivity index (χ4n) is 1.76. The van der Waals surface area contributed by atoms with Gasteiger partial charge >= 0.3 is 0 Å². The van der Waals surface area contributed by atoms with Gasteiger partial charge in [-0.2, -0.15) is 0 Å². The number of nitrogens with one attached hydrogen (secondary N) is 1. The highest BCUT2D eigenvalue weighted by molar-refractivity contribution is 7.13. The molecule has 3 aromatic rings. The number of anilines is 1. The van der Waals surface area contributed by atoms with Gasteiger partial charge in [0.05, 0.1) is 17.9 Å². The van der Waals surface area contributed by atoms with Crippen LogP contribution in [0.15, 0.2) is 54.0 Å². The first-order valence-electron chi connectivity index (χ1n) is 6.16. The lowest BCUT2D eigenvalue weighted by molar-refractivity contribution is 0.628. The molecule has 2 heterocycles. The molecule has 2 aromatic heterocycles. The van der Waals surface area contributed by atoms with Crippen LogP contribution in [0, 0.1) is 5.82 Å².